The molecule has 16 heavy (non-hydrogen) atoms. The summed E-state index contributed by atoms with van der Waals surface area (Å²) in [6.45, 7) is 0. The van der Waals surface area contributed by atoms with Gasteiger partial charge in [-0.3, -0.25) is 10.1 Å². The second-order valence-corrected chi connectivity index (χ2v) is 4.95. The number of carbonyl (C=O) groups excluding carboxylic acids is 1. The lowest BCUT2D eigenvalue weighted by molar-refractivity contribution is 0.102. The number of carbonyl (C=O) groups is 1. The lowest BCUT2D eigenvalue weighted by Gasteiger charge is -2.04. The predicted octanol–water partition coefficient (Wildman–Crippen LogP) is 3.21. The van der Waals surface area contributed by atoms with Crippen LogP contribution in [0.2, 0.25) is 5.02 Å². The summed E-state index contributed by atoms with van der Waals surface area (Å²) in [7, 11) is 0. The third-order valence-corrected chi connectivity index (χ3v) is 3.29. The molecule has 2 aromatic rings. The number of anilines is 1. The smallest absolute Gasteiger partial charge is 0.258 e. The van der Waals surface area contributed by atoms with E-state index in [9.17, 15) is 4.79 Å². The van der Waals surface area contributed by atoms with E-state index in [0.717, 1.165) is 0 Å². The SMILES string of the molecule is O=C(Nc1nncs1)c1cc(Cl)ccc1Br. The van der Waals surface area contributed by atoms with E-state index in [1.807, 2.05) is 0 Å². The van der Waals surface area contributed by atoms with Crippen LogP contribution >= 0.6 is 38.9 Å². The Kier molecular flexibility index (Phi) is 3.52. The van der Waals surface area contributed by atoms with E-state index in [-0.39, 0.29) is 5.91 Å². The number of nitrogens with zero attached hydrogens (tertiary/aromatic N) is 2. The maximum absolute atomic E-state index is 11.8. The van der Waals surface area contributed by atoms with Crippen molar-refractivity contribution in [3.63, 3.8) is 0 Å². The topological polar surface area (TPSA) is 54.9 Å². The van der Waals surface area contributed by atoms with Crippen LogP contribution in [0.1, 0.15) is 10.4 Å². The Hall–Kier alpha value is -0.980. The van der Waals surface area contributed by atoms with E-state index >= 15 is 0 Å². The highest BCUT2D eigenvalue weighted by molar-refractivity contribution is 9.10. The van der Waals surface area contributed by atoms with Crippen molar-refractivity contribution in [2.75, 3.05) is 5.32 Å². The molecule has 4 nitrogen and oxygen atoms in total. The molecule has 0 unspecified atom stereocenters. The zero-order valence-electron chi connectivity index (χ0n) is 7.78. The summed E-state index contributed by atoms with van der Waals surface area (Å²) in [5.41, 5.74) is 2.01. The van der Waals surface area contributed by atoms with Crippen LogP contribution in [-0.4, -0.2) is 16.1 Å². The molecule has 0 atom stereocenters. The Morgan fingerprint density at radius 1 is 1.50 bits per heavy atom. The van der Waals surface area contributed by atoms with Crippen LogP contribution in [0.25, 0.3) is 0 Å². The summed E-state index contributed by atoms with van der Waals surface area (Å²) in [5.74, 6) is -0.272. The molecular formula is C9H5BrClN3OS. The van der Waals surface area contributed by atoms with Gasteiger partial charge in [-0.25, -0.2) is 0 Å². The quantitative estimate of drug-likeness (QED) is 0.925. The van der Waals surface area contributed by atoms with Crippen molar-refractivity contribution in [3.8, 4) is 0 Å². The molecule has 0 spiro atoms. The van der Waals surface area contributed by atoms with Crippen molar-refractivity contribution in [2.24, 2.45) is 0 Å². The summed E-state index contributed by atoms with van der Waals surface area (Å²) in [6.07, 6.45) is 0. The summed E-state index contributed by atoms with van der Waals surface area (Å²) < 4.78 is 0.680. The first-order chi connectivity index (χ1) is 7.66. The Bertz CT molecular complexity index is 517. The number of benzene rings is 1. The van der Waals surface area contributed by atoms with E-state index in [1.54, 1.807) is 23.7 Å². The molecule has 0 bridgehead atoms. The molecule has 0 aliphatic carbocycles. The van der Waals surface area contributed by atoms with Gasteiger partial charge >= 0.3 is 0 Å². The van der Waals surface area contributed by atoms with E-state index in [4.69, 9.17) is 11.6 Å². The number of aromatic nitrogens is 2. The van der Waals surface area contributed by atoms with Gasteiger partial charge in [0.1, 0.15) is 5.51 Å². The molecule has 0 radical (unpaired) electrons. The minimum atomic E-state index is -0.272. The molecule has 0 aliphatic rings. The Labute approximate surface area is 109 Å². The maximum atomic E-state index is 11.8. The number of rotatable bonds is 2. The predicted molar refractivity (Wildman–Crippen MR) is 67.0 cm³/mol. The Morgan fingerprint density at radius 3 is 3.00 bits per heavy atom. The highest BCUT2D eigenvalue weighted by atomic mass is 79.9. The second-order valence-electron chi connectivity index (χ2n) is 2.82. The molecule has 7 heteroatoms. The molecule has 1 amide bonds. The van der Waals surface area contributed by atoms with Crippen LogP contribution in [-0.2, 0) is 0 Å². The normalized spacial score (nSPS) is 10.1. The highest BCUT2D eigenvalue weighted by Gasteiger charge is 2.12. The van der Waals surface area contributed by atoms with Crippen molar-refractivity contribution in [1.29, 1.82) is 0 Å². The van der Waals surface area contributed by atoms with Gasteiger partial charge in [0, 0.05) is 9.50 Å². The third-order valence-electron chi connectivity index (χ3n) is 1.75. The molecule has 1 heterocycles. The Morgan fingerprint density at radius 2 is 2.31 bits per heavy atom. The van der Waals surface area contributed by atoms with Crippen molar-refractivity contribution >= 4 is 49.9 Å². The second kappa shape index (κ2) is 4.90. The molecular weight excluding hydrogens is 314 g/mol. The standard InChI is InChI=1S/C9H5BrClN3OS/c10-7-2-1-5(11)3-6(7)8(15)13-9-14-12-4-16-9/h1-4H,(H,13,14,15). The molecule has 0 aliphatic heterocycles. The fourth-order valence-electron chi connectivity index (χ4n) is 1.06. The van der Waals surface area contributed by atoms with E-state index in [0.29, 0.717) is 20.2 Å². The molecule has 1 aromatic carbocycles. The monoisotopic (exact) mass is 317 g/mol. The molecule has 1 aromatic heterocycles. The summed E-state index contributed by atoms with van der Waals surface area (Å²) in [6, 6.07) is 5.01. The molecule has 0 saturated heterocycles. The maximum Gasteiger partial charge on any atom is 0.258 e. The minimum absolute atomic E-state index is 0.272. The number of halogens is 2. The van der Waals surface area contributed by atoms with Gasteiger partial charge in [-0.15, -0.1) is 10.2 Å². The average molecular weight is 319 g/mol. The number of hydrogen-bond donors (Lipinski definition) is 1. The molecule has 0 saturated carbocycles. The van der Waals surface area contributed by atoms with E-state index in [1.165, 1.54) is 11.3 Å². The fraction of sp³-hybridized carbons (Fsp3) is 0. The zero-order chi connectivity index (χ0) is 11.5. The first kappa shape index (κ1) is 11.5. The number of nitrogens with one attached hydrogen (secondary N) is 1. The lowest BCUT2D eigenvalue weighted by Crippen LogP contribution is -2.12. The zero-order valence-corrected chi connectivity index (χ0v) is 10.9. The van der Waals surface area contributed by atoms with Crippen molar-refractivity contribution in [2.45, 2.75) is 0 Å². The van der Waals surface area contributed by atoms with Crippen LogP contribution in [0.4, 0.5) is 5.13 Å². The largest absolute Gasteiger partial charge is 0.296 e. The molecule has 2 rings (SSSR count). The Balaban J connectivity index is 2.24. The minimum Gasteiger partial charge on any atom is -0.296 e. The third kappa shape index (κ3) is 2.58. The van der Waals surface area contributed by atoms with Gasteiger partial charge < -0.3 is 0 Å². The van der Waals surface area contributed by atoms with Crippen LogP contribution in [0, 0.1) is 0 Å². The van der Waals surface area contributed by atoms with Crippen molar-refractivity contribution in [1.82, 2.24) is 10.2 Å². The highest BCUT2D eigenvalue weighted by Crippen LogP contribution is 2.22. The van der Waals surface area contributed by atoms with Crippen LogP contribution in [0.15, 0.2) is 28.2 Å². The van der Waals surface area contributed by atoms with Gasteiger partial charge in [-0.2, -0.15) is 0 Å². The summed E-state index contributed by atoms with van der Waals surface area (Å²) >= 11 is 10.4. The van der Waals surface area contributed by atoms with E-state index in [2.05, 4.69) is 31.4 Å². The van der Waals surface area contributed by atoms with Crippen molar-refractivity contribution < 1.29 is 4.79 Å². The van der Waals surface area contributed by atoms with E-state index < -0.39 is 0 Å². The first-order valence-electron chi connectivity index (χ1n) is 4.19. The van der Waals surface area contributed by atoms with Crippen LogP contribution in [0.3, 0.4) is 0 Å². The fourth-order valence-corrected chi connectivity index (χ4v) is 2.10. The molecule has 0 fully saturated rings. The van der Waals surface area contributed by atoms with Gasteiger partial charge in [0.25, 0.3) is 5.91 Å². The van der Waals surface area contributed by atoms with Gasteiger partial charge in [0.2, 0.25) is 5.13 Å². The van der Waals surface area contributed by atoms with Gasteiger partial charge in [-0.05, 0) is 34.1 Å². The van der Waals surface area contributed by atoms with Crippen LogP contribution < -0.4 is 5.32 Å². The number of amides is 1. The van der Waals surface area contributed by atoms with Gasteiger partial charge in [-0.1, -0.05) is 22.9 Å². The van der Waals surface area contributed by atoms with Gasteiger partial charge in [0.05, 0.1) is 5.56 Å². The molecule has 82 valence electrons. The van der Waals surface area contributed by atoms with Crippen molar-refractivity contribution in [3.05, 3.63) is 38.8 Å². The lowest BCUT2D eigenvalue weighted by atomic mass is 10.2. The molecule has 1 N–H and O–H groups in total. The van der Waals surface area contributed by atoms with Crippen LogP contribution in [0.5, 0.6) is 0 Å². The summed E-state index contributed by atoms with van der Waals surface area (Å²) in [4.78, 5) is 11.8. The number of hydrogen-bond acceptors (Lipinski definition) is 4. The van der Waals surface area contributed by atoms with Gasteiger partial charge in [0.15, 0.2) is 0 Å². The average Bonchev–Trinajstić information content (AvgIpc) is 2.74. The summed E-state index contributed by atoms with van der Waals surface area (Å²) in [5, 5.41) is 10.9. The first-order valence-corrected chi connectivity index (χ1v) is 6.24.